The highest BCUT2D eigenvalue weighted by Gasteiger charge is 1.97. The number of nitrogens with one attached hydrogen (secondary N) is 1. The van der Waals surface area contributed by atoms with E-state index in [1.165, 1.54) is 5.01 Å². The van der Waals surface area contributed by atoms with E-state index in [-0.39, 0.29) is 6.73 Å². The van der Waals surface area contributed by atoms with Gasteiger partial charge >= 0.3 is 0 Å². The van der Waals surface area contributed by atoms with E-state index in [0.717, 1.165) is 17.1 Å². The Bertz CT molecular complexity index is 641. The molecule has 0 spiro atoms. The summed E-state index contributed by atoms with van der Waals surface area (Å²) in [6.45, 7) is 0.426. The topological polar surface area (TPSA) is 75.5 Å². The van der Waals surface area contributed by atoms with Crippen LogP contribution >= 0.6 is 0 Å². The number of rotatable bonds is 8. The van der Waals surface area contributed by atoms with Crippen molar-refractivity contribution in [3.63, 3.8) is 0 Å². The van der Waals surface area contributed by atoms with Crippen LogP contribution in [0.2, 0.25) is 0 Å². The number of benzene rings is 2. The van der Waals surface area contributed by atoms with E-state index in [0.29, 0.717) is 12.2 Å². The van der Waals surface area contributed by atoms with Gasteiger partial charge < -0.3 is 14.8 Å². The minimum atomic E-state index is 0.0596. The van der Waals surface area contributed by atoms with E-state index in [1.807, 2.05) is 48.5 Å². The Morgan fingerprint density at radius 2 is 1.70 bits per heavy atom. The van der Waals surface area contributed by atoms with Gasteiger partial charge in [-0.2, -0.15) is 0 Å². The summed E-state index contributed by atoms with van der Waals surface area (Å²) in [5.74, 6) is 0.814. The average molecular weight is 314 g/mol. The molecule has 2 aromatic carbocycles. The Labute approximate surface area is 134 Å². The van der Waals surface area contributed by atoms with E-state index in [9.17, 15) is 4.79 Å². The van der Waals surface area contributed by atoms with E-state index in [4.69, 9.17) is 4.74 Å². The molecule has 0 atom stereocenters. The highest BCUT2D eigenvalue weighted by atomic mass is 16.5. The Morgan fingerprint density at radius 3 is 2.26 bits per heavy atom. The number of carbonyl (C=O) groups is 1. The minimum Gasteiger partial charge on any atom is -0.497 e. The van der Waals surface area contributed by atoms with Gasteiger partial charge in [0.2, 0.25) is 0 Å². The number of ether oxygens (including phenoxy) is 2. The van der Waals surface area contributed by atoms with Gasteiger partial charge in [0, 0.05) is 18.4 Å². The van der Waals surface area contributed by atoms with E-state index in [1.54, 1.807) is 14.2 Å². The second kappa shape index (κ2) is 8.38. The zero-order valence-electron chi connectivity index (χ0n) is 13.0. The first-order valence-electron chi connectivity index (χ1n) is 6.90. The quantitative estimate of drug-likeness (QED) is 0.349. The summed E-state index contributed by atoms with van der Waals surface area (Å²) in [5.41, 5.74) is 2.60. The molecule has 0 fully saturated rings. The fraction of sp³-hybridized carbons (Fsp3) is 0.188. The molecule has 7 heteroatoms. The number of hydrogen-bond donors (Lipinski definition) is 1. The van der Waals surface area contributed by atoms with Gasteiger partial charge in [-0.15, -0.1) is 5.11 Å². The number of methoxy groups -OCH3 is 1. The lowest BCUT2D eigenvalue weighted by molar-refractivity contribution is -0.132. The van der Waals surface area contributed by atoms with Crippen LogP contribution in [0.25, 0.3) is 0 Å². The number of hydrogen-bond acceptors (Lipinski definition) is 6. The van der Waals surface area contributed by atoms with Crippen molar-refractivity contribution in [1.29, 1.82) is 0 Å². The van der Waals surface area contributed by atoms with Crippen LogP contribution in [-0.4, -0.2) is 32.4 Å². The van der Waals surface area contributed by atoms with Crippen molar-refractivity contribution in [3.05, 3.63) is 48.5 Å². The maximum absolute atomic E-state index is 10.1. The fourth-order valence-corrected chi connectivity index (χ4v) is 1.74. The molecule has 0 heterocycles. The smallest absolute Gasteiger partial charge is 0.294 e. The first-order chi connectivity index (χ1) is 11.2. The highest BCUT2D eigenvalue weighted by Crippen LogP contribution is 2.22. The van der Waals surface area contributed by atoms with Gasteiger partial charge in [0.05, 0.1) is 12.8 Å². The summed E-state index contributed by atoms with van der Waals surface area (Å²) in [4.78, 5) is 10.1. The second-order valence-corrected chi connectivity index (χ2v) is 4.64. The van der Waals surface area contributed by atoms with Gasteiger partial charge in [-0.3, -0.25) is 4.79 Å². The van der Waals surface area contributed by atoms with Crippen molar-refractivity contribution in [2.75, 3.05) is 26.2 Å². The zero-order valence-corrected chi connectivity index (χ0v) is 13.0. The molecule has 120 valence electrons. The van der Waals surface area contributed by atoms with Crippen molar-refractivity contribution in [1.82, 2.24) is 5.01 Å². The first kappa shape index (κ1) is 16.3. The third-order valence-corrected chi connectivity index (χ3v) is 2.89. The van der Waals surface area contributed by atoms with Crippen LogP contribution in [0, 0.1) is 0 Å². The molecule has 0 aromatic heterocycles. The standard InChI is InChI=1S/C16H18N4O3/c1-20(11-23-12-21)19-18-15-5-3-13(4-6-15)17-14-7-9-16(22-2)10-8-14/h3-10,12,17H,11H2,1-2H3. The van der Waals surface area contributed by atoms with Crippen LogP contribution < -0.4 is 10.1 Å². The van der Waals surface area contributed by atoms with Crippen LogP contribution in [0.3, 0.4) is 0 Å². The number of nitrogens with zero attached hydrogens (tertiary/aromatic N) is 3. The predicted octanol–water partition coefficient (Wildman–Crippen LogP) is 3.50. The van der Waals surface area contributed by atoms with Crippen LogP contribution in [0.4, 0.5) is 17.1 Å². The molecule has 7 nitrogen and oxygen atoms in total. The van der Waals surface area contributed by atoms with Crippen molar-refractivity contribution in [3.8, 4) is 5.75 Å². The molecule has 0 amide bonds. The molecule has 0 aliphatic rings. The Balaban J connectivity index is 1.93. The van der Waals surface area contributed by atoms with Crippen molar-refractivity contribution in [2.24, 2.45) is 10.3 Å². The molecule has 1 N–H and O–H groups in total. The number of anilines is 2. The van der Waals surface area contributed by atoms with Gasteiger partial charge in [-0.25, -0.2) is 5.01 Å². The summed E-state index contributed by atoms with van der Waals surface area (Å²) >= 11 is 0. The summed E-state index contributed by atoms with van der Waals surface area (Å²) in [7, 11) is 3.30. The lowest BCUT2D eigenvalue weighted by atomic mass is 10.2. The molecular weight excluding hydrogens is 296 g/mol. The van der Waals surface area contributed by atoms with E-state index >= 15 is 0 Å². The van der Waals surface area contributed by atoms with E-state index < -0.39 is 0 Å². The molecule has 23 heavy (non-hydrogen) atoms. The van der Waals surface area contributed by atoms with Crippen LogP contribution in [0.15, 0.2) is 58.9 Å². The molecule has 0 radical (unpaired) electrons. The average Bonchev–Trinajstić information content (AvgIpc) is 2.60. The second-order valence-electron chi connectivity index (χ2n) is 4.64. The molecular formula is C16H18N4O3. The Kier molecular flexibility index (Phi) is 5.93. The molecule has 0 unspecified atom stereocenters. The maximum atomic E-state index is 10.1. The summed E-state index contributed by atoms with van der Waals surface area (Å²) in [6.07, 6.45) is 0. The lowest BCUT2D eigenvalue weighted by Gasteiger charge is -2.09. The van der Waals surface area contributed by atoms with Gasteiger partial charge in [0.1, 0.15) is 5.75 Å². The van der Waals surface area contributed by atoms with Crippen LogP contribution in [0.5, 0.6) is 5.75 Å². The molecule has 0 aliphatic carbocycles. The lowest BCUT2D eigenvalue weighted by Crippen LogP contribution is -2.13. The monoisotopic (exact) mass is 314 g/mol. The normalized spacial score (nSPS) is 10.3. The predicted molar refractivity (Wildman–Crippen MR) is 87.0 cm³/mol. The van der Waals surface area contributed by atoms with Crippen molar-refractivity contribution in [2.45, 2.75) is 0 Å². The SMILES string of the molecule is COc1ccc(Nc2ccc(N=NN(C)COC=O)cc2)cc1. The third-order valence-electron chi connectivity index (χ3n) is 2.89. The van der Waals surface area contributed by atoms with Crippen molar-refractivity contribution < 1.29 is 14.3 Å². The molecule has 0 bridgehead atoms. The summed E-state index contributed by atoms with van der Waals surface area (Å²) in [5, 5.41) is 12.6. The van der Waals surface area contributed by atoms with Crippen molar-refractivity contribution >= 4 is 23.5 Å². The minimum absolute atomic E-state index is 0.0596. The molecule has 2 aromatic rings. The first-order valence-corrected chi connectivity index (χ1v) is 6.90. The van der Waals surface area contributed by atoms with Gasteiger partial charge in [-0.1, -0.05) is 5.22 Å². The largest absolute Gasteiger partial charge is 0.497 e. The van der Waals surface area contributed by atoms with Crippen LogP contribution in [0.1, 0.15) is 0 Å². The Morgan fingerprint density at radius 1 is 1.09 bits per heavy atom. The fourth-order valence-electron chi connectivity index (χ4n) is 1.74. The molecule has 0 saturated carbocycles. The zero-order chi connectivity index (χ0) is 16.5. The van der Waals surface area contributed by atoms with E-state index in [2.05, 4.69) is 20.4 Å². The molecule has 2 rings (SSSR count). The molecule has 0 saturated heterocycles. The van der Waals surface area contributed by atoms with Gasteiger partial charge in [-0.05, 0) is 48.5 Å². The molecule has 0 aliphatic heterocycles. The summed E-state index contributed by atoms with van der Waals surface area (Å²) < 4.78 is 9.68. The Hall–Kier alpha value is -3.09. The maximum Gasteiger partial charge on any atom is 0.294 e. The number of carbonyl (C=O) groups excluding carboxylic acids is 1. The van der Waals surface area contributed by atoms with Gasteiger partial charge in [0.25, 0.3) is 6.47 Å². The summed E-state index contributed by atoms with van der Waals surface area (Å²) in [6, 6.07) is 15.1. The third kappa shape index (κ3) is 5.31. The van der Waals surface area contributed by atoms with Crippen LogP contribution in [-0.2, 0) is 9.53 Å². The highest BCUT2D eigenvalue weighted by molar-refractivity contribution is 5.62. The van der Waals surface area contributed by atoms with Gasteiger partial charge in [0.15, 0.2) is 6.73 Å².